The summed E-state index contributed by atoms with van der Waals surface area (Å²) >= 11 is 2.58. The Labute approximate surface area is 304 Å². The quantitative estimate of drug-likeness (QED) is 0.131. The van der Waals surface area contributed by atoms with Crippen LogP contribution in [-0.4, -0.2) is 13.2 Å². The molecule has 2 aliphatic carbocycles. The Bertz CT molecular complexity index is 2060. The molecule has 0 saturated heterocycles. The van der Waals surface area contributed by atoms with Gasteiger partial charge in [0.1, 0.15) is 23.3 Å². The minimum atomic E-state index is -0.550. The first-order chi connectivity index (χ1) is 24.7. The second kappa shape index (κ2) is 15.5. The van der Waals surface area contributed by atoms with Crippen molar-refractivity contribution in [3.05, 3.63) is 131 Å². The summed E-state index contributed by atoms with van der Waals surface area (Å²) in [6.07, 6.45) is 6.11. The standard InChI is InChI=1S/C22H20F2OS.C21H18F2OS/c1-14-5-7-16(8-6-14)17-11-18(23)22(19(24)12-17)20-9-10-21(26-20)25-13-15-3-2-4-15;1-13-2-6-15(7-3-13)16-10-17(22)21(18(23)11-16)19-8-9-20(25-19)24-12-14-4-5-14/h5-12,15H,2-4,13H2,1H3;2-3,6-11,14H,4-5,12H2,1H3. The zero-order valence-corrected chi connectivity index (χ0v) is 30.1. The Kier molecular flexibility index (Phi) is 10.6. The molecule has 0 amide bonds. The molecule has 2 heterocycles. The van der Waals surface area contributed by atoms with E-state index in [0.717, 1.165) is 22.3 Å². The van der Waals surface area contributed by atoms with E-state index < -0.39 is 23.3 Å². The van der Waals surface area contributed by atoms with Crippen LogP contribution in [0.5, 0.6) is 10.1 Å². The first kappa shape index (κ1) is 35.0. The molecule has 262 valence electrons. The van der Waals surface area contributed by atoms with Crippen LogP contribution >= 0.6 is 22.7 Å². The molecule has 0 bridgehead atoms. The van der Waals surface area contributed by atoms with Gasteiger partial charge in [-0.3, -0.25) is 0 Å². The molecule has 6 aromatic rings. The van der Waals surface area contributed by atoms with Crippen molar-refractivity contribution in [2.24, 2.45) is 11.8 Å². The second-order valence-corrected chi connectivity index (χ2v) is 15.6. The largest absolute Gasteiger partial charge is 0.484 e. The molecule has 0 aliphatic heterocycles. The average molecular weight is 727 g/mol. The lowest BCUT2D eigenvalue weighted by Crippen LogP contribution is -2.18. The highest BCUT2D eigenvalue weighted by Gasteiger charge is 2.23. The van der Waals surface area contributed by atoms with Crippen LogP contribution in [0.1, 0.15) is 43.2 Å². The predicted octanol–water partition coefficient (Wildman–Crippen LogP) is 13.3. The van der Waals surface area contributed by atoms with Gasteiger partial charge in [0.05, 0.1) is 24.3 Å². The fourth-order valence-electron chi connectivity index (χ4n) is 5.85. The number of halogens is 4. The first-order valence-corrected chi connectivity index (χ1v) is 18.9. The SMILES string of the molecule is Cc1ccc(-c2cc(F)c(-c3ccc(OCC4CC4)s3)c(F)c2)cc1.Cc1ccc(-c2cc(F)c(-c3ccc(OCC4CCC4)s3)c(F)c2)cc1. The van der Waals surface area contributed by atoms with Crippen molar-refractivity contribution >= 4 is 22.7 Å². The molecule has 2 aliphatic rings. The Morgan fingerprint density at radius 2 is 0.863 bits per heavy atom. The van der Waals surface area contributed by atoms with Gasteiger partial charge in [0.2, 0.25) is 0 Å². The summed E-state index contributed by atoms with van der Waals surface area (Å²) in [5.41, 5.74) is 4.94. The minimum absolute atomic E-state index is 0.0159. The van der Waals surface area contributed by atoms with E-state index >= 15 is 0 Å². The summed E-state index contributed by atoms with van der Waals surface area (Å²) in [5, 5.41) is 1.43. The van der Waals surface area contributed by atoms with E-state index in [1.54, 1.807) is 24.3 Å². The van der Waals surface area contributed by atoms with Crippen molar-refractivity contribution in [3.63, 3.8) is 0 Å². The van der Waals surface area contributed by atoms with Gasteiger partial charge in [0.25, 0.3) is 0 Å². The Balaban J connectivity index is 0.000000159. The van der Waals surface area contributed by atoms with E-state index in [2.05, 4.69) is 0 Å². The molecule has 51 heavy (non-hydrogen) atoms. The molecule has 0 radical (unpaired) electrons. The first-order valence-electron chi connectivity index (χ1n) is 17.3. The Morgan fingerprint density at radius 1 is 0.490 bits per heavy atom. The zero-order valence-electron chi connectivity index (χ0n) is 28.5. The highest BCUT2D eigenvalue weighted by Crippen LogP contribution is 2.40. The lowest BCUT2D eigenvalue weighted by Gasteiger charge is -2.24. The van der Waals surface area contributed by atoms with Crippen LogP contribution in [-0.2, 0) is 0 Å². The fourth-order valence-corrected chi connectivity index (χ4v) is 7.68. The number of ether oxygens (including phenoxy) is 2. The number of benzene rings is 4. The maximum Gasteiger partial charge on any atom is 0.174 e. The molecule has 2 saturated carbocycles. The van der Waals surface area contributed by atoms with Crippen molar-refractivity contribution in [1.29, 1.82) is 0 Å². The van der Waals surface area contributed by atoms with Crippen LogP contribution in [0.25, 0.3) is 43.1 Å². The second-order valence-electron chi connectivity index (χ2n) is 13.5. The van der Waals surface area contributed by atoms with E-state index in [0.29, 0.717) is 56.1 Å². The summed E-state index contributed by atoms with van der Waals surface area (Å²) in [4.78, 5) is 1.11. The summed E-state index contributed by atoms with van der Waals surface area (Å²) in [6.45, 7) is 5.34. The van der Waals surface area contributed by atoms with E-state index in [1.807, 2.05) is 62.4 Å². The minimum Gasteiger partial charge on any atom is -0.484 e. The maximum atomic E-state index is 14.7. The summed E-state index contributed by atoms with van der Waals surface area (Å²) < 4.78 is 70.0. The normalized spacial score (nSPS) is 14.1. The molecular formula is C43H38F4O2S2. The van der Waals surface area contributed by atoms with Crippen LogP contribution in [0, 0.1) is 49.0 Å². The van der Waals surface area contributed by atoms with Crippen LogP contribution in [0.2, 0.25) is 0 Å². The van der Waals surface area contributed by atoms with E-state index in [9.17, 15) is 17.6 Å². The number of rotatable bonds is 10. The van der Waals surface area contributed by atoms with Gasteiger partial charge in [0, 0.05) is 9.75 Å². The molecule has 2 aromatic heterocycles. The molecule has 2 nitrogen and oxygen atoms in total. The lowest BCUT2D eigenvalue weighted by atomic mass is 9.86. The average Bonchev–Trinajstić information content (AvgIpc) is 3.61. The van der Waals surface area contributed by atoms with Gasteiger partial charge in [-0.1, -0.05) is 88.8 Å². The van der Waals surface area contributed by atoms with Crippen molar-refractivity contribution in [2.75, 3.05) is 13.2 Å². The van der Waals surface area contributed by atoms with Crippen LogP contribution in [0.3, 0.4) is 0 Å². The van der Waals surface area contributed by atoms with Crippen LogP contribution in [0.4, 0.5) is 17.6 Å². The molecule has 0 N–H and O–H groups in total. The molecule has 0 atom stereocenters. The number of aryl methyl sites for hydroxylation is 2. The van der Waals surface area contributed by atoms with Crippen molar-refractivity contribution in [3.8, 4) is 53.3 Å². The van der Waals surface area contributed by atoms with E-state index in [4.69, 9.17) is 9.47 Å². The molecule has 8 heteroatoms. The highest BCUT2D eigenvalue weighted by atomic mass is 32.1. The van der Waals surface area contributed by atoms with E-state index in [-0.39, 0.29) is 11.1 Å². The fraction of sp³-hybridized carbons (Fsp3) is 0.256. The summed E-state index contributed by atoms with van der Waals surface area (Å²) in [6, 6.07) is 27.9. The van der Waals surface area contributed by atoms with Gasteiger partial charge >= 0.3 is 0 Å². The maximum absolute atomic E-state index is 14.7. The van der Waals surface area contributed by atoms with E-state index in [1.165, 1.54) is 79.0 Å². The van der Waals surface area contributed by atoms with Crippen LogP contribution in [0.15, 0.2) is 97.1 Å². The third kappa shape index (κ3) is 8.57. The molecule has 2 fully saturated rings. The van der Waals surface area contributed by atoms with Crippen LogP contribution < -0.4 is 9.47 Å². The topological polar surface area (TPSA) is 18.5 Å². The third-order valence-corrected chi connectivity index (χ3v) is 11.4. The molecule has 0 spiro atoms. The van der Waals surface area contributed by atoms with Gasteiger partial charge in [0.15, 0.2) is 10.1 Å². The van der Waals surface area contributed by atoms with Gasteiger partial charge < -0.3 is 9.47 Å². The molecule has 0 unspecified atom stereocenters. The Morgan fingerprint density at radius 3 is 1.20 bits per heavy atom. The molecule has 8 rings (SSSR count). The zero-order chi connectivity index (χ0) is 35.5. The lowest BCUT2D eigenvalue weighted by molar-refractivity contribution is 0.184. The van der Waals surface area contributed by atoms with Gasteiger partial charge in [-0.05, 0) is 122 Å². The van der Waals surface area contributed by atoms with Crippen molar-refractivity contribution < 1.29 is 27.0 Å². The summed E-state index contributed by atoms with van der Waals surface area (Å²) in [5.74, 6) is -0.922. The van der Waals surface area contributed by atoms with Gasteiger partial charge in [-0.15, -0.1) is 0 Å². The van der Waals surface area contributed by atoms with Gasteiger partial charge in [-0.2, -0.15) is 0 Å². The van der Waals surface area contributed by atoms with Crippen molar-refractivity contribution in [2.45, 2.75) is 46.0 Å². The number of hydrogen-bond donors (Lipinski definition) is 0. The third-order valence-electron chi connectivity index (χ3n) is 9.35. The van der Waals surface area contributed by atoms with Gasteiger partial charge in [-0.25, -0.2) is 17.6 Å². The summed E-state index contributed by atoms with van der Waals surface area (Å²) in [7, 11) is 0. The number of thiophene rings is 2. The predicted molar refractivity (Wildman–Crippen MR) is 201 cm³/mol. The molecular weight excluding hydrogens is 689 g/mol. The smallest absolute Gasteiger partial charge is 0.174 e. The highest BCUT2D eigenvalue weighted by molar-refractivity contribution is 7.17. The van der Waals surface area contributed by atoms with Crippen molar-refractivity contribution in [1.82, 2.24) is 0 Å². The number of hydrogen-bond acceptors (Lipinski definition) is 4. The molecule has 4 aromatic carbocycles. The monoisotopic (exact) mass is 726 g/mol. The Hall–Kier alpha value is -4.40.